The number of nitrogens with zero attached hydrogens (tertiary/aromatic N) is 3. The Hall–Kier alpha value is -1.13. The molecule has 1 rings (SSSR count). The van der Waals surface area contributed by atoms with Crippen LogP contribution in [0.5, 0.6) is 0 Å². The molecule has 0 aromatic rings. The smallest absolute Gasteiger partial charge is 0.230 e. The van der Waals surface area contributed by atoms with Crippen LogP contribution in [0.3, 0.4) is 0 Å². The molecule has 2 amide bonds. The predicted molar refractivity (Wildman–Crippen MR) is 54.0 cm³/mol. The average molecular weight is 228 g/mol. The zero-order valence-electron chi connectivity index (χ0n) is 7.10. The Morgan fingerprint density at radius 3 is 2.64 bits per heavy atom. The summed E-state index contributed by atoms with van der Waals surface area (Å²) in [5.74, 6) is -0.230. The van der Waals surface area contributed by atoms with Gasteiger partial charge in [0.25, 0.3) is 0 Å². The number of amides is 2. The highest BCUT2D eigenvalue weighted by molar-refractivity contribution is 8.27. The van der Waals surface area contributed by atoms with Crippen LogP contribution in [0.4, 0.5) is 0 Å². The second kappa shape index (κ2) is 4.93. The van der Waals surface area contributed by atoms with E-state index in [1.807, 2.05) is 0 Å². The minimum Gasteiger partial charge on any atom is -0.752 e. The van der Waals surface area contributed by atoms with Gasteiger partial charge >= 0.3 is 0 Å². The Bertz CT molecular complexity index is 318. The molecule has 0 aliphatic carbocycles. The summed E-state index contributed by atoms with van der Waals surface area (Å²) in [5, 5.41) is 8.17. The number of rotatable bonds is 2. The lowest BCUT2D eigenvalue weighted by Gasteiger charge is -2.15. The van der Waals surface area contributed by atoms with Crippen molar-refractivity contribution in [3.05, 3.63) is 0 Å². The number of hydrogen-bond donors (Lipinski definition) is 0. The molecule has 1 aliphatic heterocycles. The van der Waals surface area contributed by atoms with E-state index in [-0.39, 0.29) is 34.9 Å². The Balaban J connectivity index is 2.46. The molecule has 0 aromatic heterocycles. The number of aliphatic imine (C=N–C) groups is 1. The number of nitriles is 1. The second-order valence-electron chi connectivity index (χ2n) is 2.47. The Morgan fingerprint density at radius 1 is 1.57 bits per heavy atom. The van der Waals surface area contributed by atoms with Crippen molar-refractivity contribution in [2.75, 3.05) is 5.88 Å². The van der Waals surface area contributed by atoms with Crippen LogP contribution in [-0.2, 0) is 22.2 Å². The van der Waals surface area contributed by atoms with Crippen molar-refractivity contribution in [3.8, 4) is 6.19 Å². The molecule has 0 spiro atoms. The third-order valence-electron chi connectivity index (χ3n) is 1.61. The molecule has 0 bridgehead atoms. The highest BCUT2D eigenvalue weighted by Gasteiger charge is 2.28. The van der Waals surface area contributed by atoms with Gasteiger partial charge in [0.1, 0.15) is 0 Å². The first-order valence-electron chi connectivity index (χ1n) is 3.75. The summed E-state index contributed by atoms with van der Waals surface area (Å²) in [7, 11) is 0. The first-order valence-corrected chi connectivity index (χ1v) is 5.14. The average Bonchev–Trinajstić information content (AvgIpc) is 2.44. The zero-order chi connectivity index (χ0) is 10.6. The fourth-order valence-electron chi connectivity index (χ4n) is 0.960. The number of imide groups is 1. The molecule has 0 N–H and O–H groups in total. The monoisotopic (exact) mass is 228 g/mol. The Kier molecular flexibility index (Phi) is 3.85. The first-order chi connectivity index (χ1) is 6.65. The van der Waals surface area contributed by atoms with Crippen LogP contribution in [0, 0.1) is 11.5 Å². The largest absolute Gasteiger partial charge is 0.752 e. The maximum absolute atomic E-state index is 11.1. The van der Waals surface area contributed by atoms with Gasteiger partial charge in [0.05, 0.1) is 5.88 Å². The van der Waals surface area contributed by atoms with Crippen molar-refractivity contribution in [1.29, 1.82) is 5.26 Å². The van der Waals surface area contributed by atoms with E-state index in [0.29, 0.717) is 0 Å². The third kappa shape index (κ3) is 2.68. The Labute approximate surface area is 90.6 Å². The first kappa shape index (κ1) is 10.9. The van der Waals surface area contributed by atoms with Crippen LogP contribution in [0.15, 0.2) is 4.99 Å². The minimum atomic E-state index is -0.192. The van der Waals surface area contributed by atoms with Crippen molar-refractivity contribution in [2.24, 2.45) is 4.99 Å². The van der Waals surface area contributed by atoms with Gasteiger partial charge in [-0.2, -0.15) is 10.3 Å². The lowest BCUT2D eigenvalue weighted by Crippen LogP contribution is -2.28. The summed E-state index contributed by atoms with van der Waals surface area (Å²) in [5.41, 5.74) is 0. The molecule has 0 saturated carbocycles. The lowest BCUT2D eigenvalue weighted by atomic mass is 10.4. The lowest BCUT2D eigenvalue weighted by molar-refractivity contribution is -0.137. The van der Waals surface area contributed by atoms with Crippen LogP contribution in [0.1, 0.15) is 12.8 Å². The molecule has 0 radical (unpaired) electrons. The predicted octanol–water partition coefficient (Wildman–Crippen LogP) is 0.210. The molecular weight excluding hydrogens is 222 g/mol. The molecule has 74 valence electrons. The normalized spacial score (nSPS) is 17.4. The topological polar surface area (TPSA) is 73.5 Å². The molecule has 0 atom stereocenters. The molecule has 1 fully saturated rings. The van der Waals surface area contributed by atoms with Crippen molar-refractivity contribution in [2.45, 2.75) is 12.8 Å². The molecule has 0 aromatic carbocycles. The van der Waals surface area contributed by atoms with Crippen LogP contribution in [-0.4, -0.2) is 27.0 Å². The SMILES string of the molecule is N#CN=C([S-])SCN1C(=O)CCC1=O. The van der Waals surface area contributed by atoms with E-state index >= 15 is 0 Å². The van der Waals surface area contributed by atoms with Crippen LogP contribution < -0.4 is 0 Å². The highest BCUT2D eigenvalue weighted by Crippen LogP contribution is 2.16. The van der Waals surface area contributed by atoms with Gasteiger partial charge in [-0.1, -0.05) is 0 Å². The minimum absolute atomic E-state index is 0.139. The van der Waals surface area contributed by atoms with Gasteiger partial charge in [0.2, 0.25) is 18.0 Å². The van der Waals surface area contributed by atoms with E-state index in [2.05, 4.69) is 17.6 Å². The quantitative estimate of drug-likeness (QED) is 0.222. The molecule has 1 saturated heterocycles. The summed E-state index contributed by atoms with van der Waals surface area (Å²) in [4.78, 5) is 26.6. The van der Waals surface area contributed by atoms with E-state index in [4.69, 9.17) is 5.26 Å². The van der Waals surface area contributed by atoms with Gasteiger partial charge in [-0.05, 0) is 4.38 Å². The van der Waals surface area contributed by atoms with Gasteiger partial charge in [0, 0.05) is 12.8 Å². The van der Waals surface area contributed by atoms with Crippen molar-refractivity contribution >= 4 is 40.6 Å². The van der Waals surface area contributed by atoms with Gasteiger partial charge in [0.15, 0.2) is 0 Å². The summed E-state index contributed by atoms with van der Waals surface area (Å²) >= 11 is 5.72. The molecule has 0 unspecified atom stereocenters. The van der Waals surface area contributed by atoms with E-state index in [1.165, 1.54) is 6.19 Å². The van der Waals surface area contributed by atoms with E-state index in [0.717, 1.165) is 16.7 Å². The number of carbonyl (C=O) groups is 2. The maximum atomic E-state index is 11.1. The standard InChI is InChI=1S/C7H7N3O2S2/c8-3-9-7(13)14-4-10-5(11)1-2-6(10)12/h1-2,4H2,(H,9,13)/p-1. The number of likely N-dealkylation sites (tertiary alicyclic amines) is 1. The summed E-state index contributed by atoms with van der Waals surface area (Å²) in [6.45, 7) is 0. The molecule has 5 nitrogen and oxygen atoms in total. The van der Waals surface area contributed by atoms with E-state index in [9.17, 15) is 9.59 Å². The third-order valence-corrected chi connectivity index (χ3v) is 2.78. The highest BCUT2D eigenvalue weighted by atomic mass is 32.2. The van der Waals surface area contributed by atoms with Crippen LogP contribution in [0.2, 0.25) is 0 Å². The summed E-state index contributed by atoms with van der Waals surface area (Å²) in [6.07, 6.45) is 2.07. The van der Waals surface area contributed by atoms with Crippen LogP contribution >= 0.6 is 11.8 Å². The molecule has 1 aliphatic rings. The summed E-state index contributed by atoms with van der Waals surface area (Å²) in [6, 6.07) is 0. The van der Waals surface area contributed by atoms with Crippen molar-refractivity contribution in [1.82, 2.24) is 4.90 Å². The number of hydrogen-bond acceptors (Lipinski definition) is 6. The van der Waals surface area contributed by atoms with Gasteiger partial charge in [-0.25, -0.2) is 0 Å². The van der Waals surface area contributed by atoms with Gasteiger partial charge < -0.3 is 12.6 Å². The summed E-state index contributed by atoms with van der Waals surface area (Å²) < 4.78 is 0.139. The van der Waals surface area contributed by atoms with Crippen molar-refractivity contribution in [3.63, 3.8) is 0 Å². The van der Waals surface area contributed by atoms with Gasteiger partial charge in [-0.15, -0.1) is 11.8 Å². The van der Waals surface area contributed by atoms with Crippen LogP contribution in [0.25, 0.3) is 0 Å². The van der Waals surface area contributed by atoms with E-state index in [1.54, 1.807) is 0 Å². The van der Waals surface area contributed by atoms with Gasteiger partial charge in [-0.3, -0.25) is 14.5 Å². The maximum Gasteiger partial charge on any atom is 0.230 e. The number of thioether (sulfide) groups is 1. The molecule has 7 heteroatoms. The fraction of sp³-hybridized carbons (Fsp3) is 0.429. The fourth-order valence-corrected chi connectivity index (χ4v) is 1.79. The van der Waals surface area contributed by atoms with Crippen molar-refractivity contribution < 1.29 is 9.59 Å². The van der Waals surface area contributed by atoms with E-state index < -0.39 is 0 Å². The molecule has 1 heterocycles. The molecule has 14 heavy (non-hydrogen) atoms. The molecular formula is C7H6N3O2S2-. The second-order valence-corrected chi connectivity index (χ2v) is 4.05. The zero-order valence-corrected chi connectivity index (χ0v) is 8.73. The number of carbonyl (C=O) groups excluding carboxylic acids is 2. The Morgan fingerprint density at radius 2 is 2.14 bits per heavy atom.